The minimum atomic E-state index is -3.36. The molecule has 0 saturated heterocycles. The molecule has 108 valence electrons. The van der Waals surface area contributed by atoms with Gasteiger partial charge in [-0.05, 0) is 24.5 Å². The molecule has 1 fully saturated rings. The van der Waals surface area contributed by atoms with Crippen LogP contribution >= 0.6 is 11.3 Å². The number of sulfonamides is 1. The van der Waals surface area contributed by atoms with E-state index >= 15 is 0 Å². The third-order valence-electron chi connectivity index (χ3n) is 3.58. The third kappa shape index (κ3) is 4.27. The number of aliphatic hydroxyl groups excluding tert-OH is 1. The molecule has 1 aliphatic carbocycles. The maximum atomic E-state index is 12.1. The van der Waals surface area contributed by atoms with E-state index in [4.69, 9.17) is 5.11 Å². The molecule has 6 heteroatoms. The van der Waals surface area contributed by atoms with Crippen LogP contribution in [0.2, 0.25) is 0 Å². The second kappa shape index (κ2) is 6.83. The van der Waals surface area contributed by atoms with Gasteiger partial charge in [-0.1, -0.05) is 25.7 Å². The summed E-state index contributed by atoms with van der Waals surface area (Å²) < 4.78 is 27.1. The van der Waals surface area contributed by atoms with Crippen molar-refractivity contribution in [2.24, 2.45) is 5.92 Å². The third-order valence-corrected chi connectivity index (χ3v) is 6.68. The van der Waals surface area contributed by atoms with Crippen molar-refractivity contribution in [1.29, 1.82) is 0 Å². The SMILES string of the molecule is O=S(=O)(NCCC1CCCC1)c1ccc(CCO)s1. The summed E-state index contributed by atoms with van der Waals surface area (Å²) in [6.07, 6.45) is 6.50. The van der Waals surface area contributed by atoms with E-state index < -0.39 is 10.0 Å². The number of hydrogen-bond donors (Lipinski definition) is 2. The maximum absolute atomic E-state index is 12.1. The molecular formula is C13H21NO3S2. The molecule has 1 aliphatic rings. The molecule has 1 aromatic heterocycles. The fourth-order valence-corrected chi connectivity index (χ4v) is 4.95. The predicted molar refractivity (Wildman–Crippen MR) is 76.9 cm³/mol. The summed E-state index contributed by atoms with van der Waals surface area (Å²) in [5, 5.41) is 8.84. The van der Waals surface area contributed by atoms with Gasteiger partial charge >= 0.3 is 0 Å². The van der Waals surface area contributed by atoms with E-state index in [0.717, 1.165) is 11.3 Å². The van der Waals surface area contributed by atoms with E-state index in [1.54, 1.807) is 12.1 Å². The van der Waals surface area contributed by atoms with Gasteiger partial charge in [-0.2, -0.15) is 0 Å². The van der Waals surface area contributed by atoms with Crippen LogP contribution in [0.5, 0.6) is 0 Å². The van der Waals surface area contributed by atoms with Gasteiger partial charge in [0.15, 0.2) is 0 Å². The number of rotatable bonds is 7. The van der Waals surface area contributed by atoms with Gasteiger partial charge in [0.25, 0.3) is 0 Å². The van der Waals surface area contributed by atoms with Crippen LogP contribution < -0.4 is 4.72 Å². The Bertz CT molecular complexity index is 490. The molecule has 2 rings (SSSR count). The molecule has 0 amide bonds. The molecule has 4 nitrogen and oxygen atoms in total. The molecule has 0 radical (unpaired) electrons. The Balaban J connectivity index is 1.85. The minimum absolute atomic E-state index is 0.0507. The van der Waals surface area contributed by atoms with Gasteiger partial charge in [-0.25, -0.2) is 13.1 Å². The first-order valence-electron chi connectivity index (χ1n) is 6.81. The molecule has 1 aromatic rings. The lowest BCUT2D eigenvalue weighted by molar-refractivity contribution is 0.300. The zero-order valence-electron chi connectivity index (χ0n) is 11.0. The van der Waals surface area contributed by atoms with Gasteiger partial charge < -0.3 is 5.11 Å². The second-order valence-electron chi connectivity index (χ2n) is 5.03. The first-order valence-corrected chi connectivity index (χ1v) is 9.11. The number of hydrogen-bond acceptors (Lipinski definition) is 4. The minimum Gasteiger partial charge on any atom is -0.396 e. The highest BCUT2D eigenvalue weighted by molar-refractivity contribution is 7.91. The van der Waals surface area contributed by atoms with Crippen LogP contribution in [0.15, 0.2) is 16.3 Å². The summed E-state index contributed by atoms with van der Waals surface area (Å²) in [7, 11) is -3.36. The highest BCUT2D eigenvalue weighted by Crippen LogP contribution is 2.27. The highest BCUT2D eigenvalue weighted by atomic mass is 32.2. The first kappa shape index (κ1) is 15.0. The van der Waals surface area contributed by atoms with Gasteiger partial charge in [0, 0.05) is 24.4 Å². The van der Waals surface area contributed by atoms with Gasteiger partial charge in [-0.3, -0.25) is 0 Å². The predicted octanol–water partition coefficient (Wildman–Crippen LogP) is 2.14. The summed E-state index contributed by atoms with van der Waals surface area (Å²) in [6.45, 7) is 0.579. The molecule has 0 aliphatic heterocycles. The van der Waals surface area contributed by atoms with Crippen LogP contribution in [0.25, 0.3) is 0 Å². The van der Waals surface area contributed by atoms with Crippen LogP contribution in [0.1, 0.15) is 37.0 Å². The molecule has 19 heavy (non-hydrogen) atoms. The van der Waals surface area contributed by atoms with Crippen LogP contribution in [-0.2, 0) is 16.4 Å². The Morgan fingerprint density at radius 1 is 1.32 bits per heavy atom. The largest absolute Gasteiger partial charge is 0.396 e. The average molecular weight is 303 g/mol. The van der Waals surface area contributed by atoms with Crippen LogP contribution in [0, 0.1) is 5.92 Å². The lowest BCUT2D eigenvalue weighted by Crippen LogP contribution is -2.25. The topological polar surface area (TPSA) is 66.4 Å². The van der Waals surface area contributed by atoms with E-state index in [2.05, 4.69) is 4.72 Å². The number of nitrogens with one attached hydrogen (secondary N) is 1. The Hall–Kier alpha value is -0.430. The van der Waals surface area contributed by atoms with Crippen molar-refractivity contribution in [2.75, 3.05) is 13.2 Å². The van der Waals surface area contributed by atoms with Gasteiger partial charge in [0.2, 0.25) is 10.0 Å². The Kier molecular flexibility index (Phi) is 5.38. The van der Waals surface area contributed by atoms with Crippen LogP contribution in [-0.4, -0.2) is 26.7 Å². The van der Waals surface area contributed by atoms with E-state index in [0.29, 0.717) is 23.1 Å². The average Bonchev–Trinajstić information content (AvgIpc) is 3.00. The van der Waals surface area contributed by atoms with Crippen LogP contribution in [0.4, 0.5) is 0 Å². The monoisotopic (exact) mass is 303 g/mol. The number of thiophene rings is 1. The van der Waals surface area contributed by atoms with Crippen molar-refractivity contribution in [1.82, 2.24) is 4.72 Å². The lowest BCUT2D eigenvalue weighted by atomic mass is 10.1. The van der Waals surface area contributed by atoms with Crippen molar-refractivity contribution in [3.8, 4) is 0 Å². The van der Waals surface area contributed by atoms with Gasteiger partial charge in [0.1, 0.15) is 4.21 Å². The second-order valence-corrected chi connectivity index (χ2v) is 8.19. The summed E-state index contributed by atoms with van der Waals surface area (Å²) in [6, 6.07) is 3.39. The van der Waals surface area contributed by atoms with Gasteiger partial charge in [-0.15, -0.1) is 11.3 Å². The van der Waals surface area contributed by atoms with E-state index in [-0.39, 0.29) is 6.61 Å². The summed E-state index contributed by atoms with van der Waals surface area (Å²) in [5.41, 5.74) is 0. The highest BCUT2D eigenvalue weighted by Gasteiger charge is 2.19. The summed E-state index contributed by atoms with van der Waals surface area (Å²) in [4.78, 5) is 0.902. The Morgan fingerprint density at radius 2 is 2.05 bits per heavy atom. The van der Waals surface area contributed by atoms with Crippen molar-refractivity contribution in [3.63, 3.8) is 0 Å². The standard InChI is InChI=1S/C13H21NO3S2/c15-10-8-12-5-6-13(18-12)19(16,17)14-9-7-11-3-1-2-4-11/h5-6,11,14-15H,1-4,7-10H2. The van der Waals surface area contributed by atoms with Crippen molar-refractivity contribution in [2.45, 2.75) is 42.7 Å². The molecule has 1 saturated carbocycles. The van der Waals surface area contributed by atoms with Crippen molar-refractivity contribution < 1.29 is 13.5 Å². The fraction of sp³-hybridized carbons (Fsp3) is 0.692. The van der Waals surface area contributed by atoms with Gasteiger partial charge in [0.05, 0.1) is 0 Å². The van der Waals surface area contributed by atoms with E-state index in [1.807, 2.05) is 0 Å². The zero-order valence-corrected chi connectivity index (χ0v) is 12.6. The molecule has 0 aromatic carbocycles. The first-order chi connectivity index (χ1) is 9.12. The maximum Gasteiger partial charge on any atom is 0.250 e. The Labute approximate surface area is 118 Å². The molecule has 0 bridgehead atoms. The lowest BCUT2D eigenvalue weighted by Gasteiger charge is -2.09. The van der Waals surface area contributed by atoms with E-state index in [9.17, 15) is 8.42 Å². The van der Waals surface area contributed by atoms with Crippen molar-refractivity contribution in [3.05, 3.63) is 17.0 Å². The number of aliphatic hydroxyl groups is 1. The molecule has 0 unspecified atom stereocenters. The zero-order chi connectivity index (χ0) is 13.7. The Morgan fingerprint density at radius 3 is 2.74 bits per heavy atom. The normalized spacial score (nSPS) is 17.1. The molecular weight excluding hydrogens is 282 g/mol. The molecule has 0 atom stereocenters. The van der Waals surface area contributed by atoms with Crippen LogP contribution in [0.3, 0.4) is 0 Å². The van der Waals surface area contributed by atoms with E-state index in [1.165, 1.54) is 37.0 Å². The fourth-order valence-electron chi connectivity index (χ4n) is 2.51. The summed E-state index contributed by atoms with van der Waals surface area (Å²) >= 11 is 1.24. The van der Waals surface area contributed by atoms with Crippen molar-refractivity contribution >= 4 is 21.4 Å². The summed E-state index contributed by atoms with van der Waals surface area (Å²) in [5.74, 6) is 0.691. The smallest absolute Gasteiger partial charge is 0.250 e. The quantitative estimate of drug-likeness (QED) is 0.811. The molecule has 0 spiro atoms. The molecule has 2 N–H and O–H groups in total. The molecule has 1 heterocycles.